The van der Waals surface area contributed by atoms with E-state index in [-0.39, 0.29) is 18.4 Å². The van der Waals surface area contributed by atoms with E-state index in [0.29, 0.717) is 5.92 Å². The van der Waals surface area contributed by atoms with Crippen LogP contribution in [0.25, 0.3) is 0 Å². The lowest BCUT2D eigenvalue weighted by Gasteiger charge is -2.14. The summed E-state index contributed by atoms with van der Waals surface area (Å²) < 4.78 is 0. The fourth-order valence-electron chi connectivity index (χ4n) is 1.80. The molecule has 1 unspecified atom stereocenters. The van der Waals surface area contributed by atoms with Gasteiger partial charge in [0.1, 0.15) is 17.5 Å². The van der Waals surface area contributed by atoms with Crippen LogP contribution in [0.1, 0.15) is 37.9 Å². The van der Waals surface area contributed by atoms with Crippen molar-refractivity contribution in [3.8, 4) is 0 Å². The fraction of sp³-hybridized carbons (Fsp3) is 0.583. The van der Waals surface area contributed by atoms with E-state index in [9.17, 15) is 4.79 Å². The molecule has 1 aliphatic carbocycles. The summed E-state index contributed by atoms with van der Waals surface area (Å²) in [7, 11) is 1.83. The Balaban J connectivity index is 2.10. The van der Waals surface area contributed by atoms with Crippen molar-refractivity contribution in [1.82, 2.24) is 9.97 Å². The van der Waals surface area contributed by atoms with Crippen LogP contribution in [-0.4, -0.2) is 29.0 Å². The molecule has 0 radical (unpaired) electrons. The van der Waals surface area contributed by atoms with Crippen molar-refractivity contribution in [2.45, 2.75) is 38.1 Å². The van der Waals surface area contributed by atoms with Gasteiger partial charge in [-0.1, -0.05) is 0 Å². The van der Waals surface area contributed by atoms with Crippen LogP contribution in [0.3, 0.4) is 0 Å². The molecular weight excluding hydrogens is 230 g/mol. The average Bonchev–Trinajstić information content (AvgIpc) is 3.10. The third kappa shape index (κ3) is 3.32. The van der Waals surface area contributed by atoms with Crippen LogP contribution < -0.4 is 16.4 Å². The number of aromatic nitrogens is 2. The molecule has 1 aromatic rings. The number of nitrogens with two attached hydrogens (primary N) is 1. The largest absolute Gasteiger partial charge is 0.373 e. The molecule has 1 heterocycles. The lowest BCUT2D eigenvalue weighted by molar-refractivity contribution is -0.118. The molecule has 2 rings (SSSR count). The van der Waals surface area contributed by atoms with Crippen molar-refractivity contribution in [1.29, 1.82) is 0 Å². The molecule has 0 aromatic carbocycles. The Morgan fingerprint density at radius 3 is 2.72 bits per heavy atom. The van der Waals surface area contributed by atoms with Gasteiger partial charge in [-0.05, 0) is 19.8 Å². The van der Waals surface area contributed by atoms with Crippen LogP contribution in [0.5, 0.6) is 0 Å². The smallest absolute Gasteiger partial charge is 0.219 e. The van der Waals surface area contributed by atoms with Crippen molar-refractivity contribution in [2.24, 2.45) is 5.73 Å². The van der Waals surface area contributed by atoms with Gasteiger partial charge in [-0.15, -0.1) is 0 Å². The van der Waals surface area contributed by atoms with Crippen LogP contribution in [0, 0.1) is 0 Å². The summed E-state index contributed by atoms with van der Waals surface area (Å²) in [6.45, 7) is 1.91. The molecule has 0 saturated heterocycles. The van der Waals surface area contributed by atoms with E-state index in [1.807, 2.05) is 20.0 Å². The summed E-state index contributed by atoms with van der Waals surface area (Å²) in [6.07, 6.45) is 2.60. The summed E-state index contributed by atoms with van der Waals surface area (Å²) in [5, 5.41) is 6.20. The second kappa shape index (κ2) is 5.20. The minimum Gasteiger partial charge on any atom is -0.373 e. The molecule has 0 spiro atoms. The highest BCUT2D eigenvalue weighted by Gasteiger charge is 2.27. The summed E-state index contributed by atoms with van der Waals surface area (Å²) >= 11 is 0. The quantitative estimate of drug-likeness (QED) is 0.701. The summed E-state index contributed by atoms with van der Waals surface area (Å²) in [5.74, 6) is 2.58. The number of nitrogens with one attached hydrogen (secondary N) is 2. The summed E-state index contributed by atoms with van der Waals surface area (Å²) in [4.78, 5) is 19.7. The number of nitrogens with zero attached hydrogens (tertiary/aromatic N) is 2. The molecule has 6 nitrogen and oxygen atoms in total. The van der Waals surface area contributed by atoms with Crippen molar-refractivity contribution in [3.05, 3.63) is 11.9 Å². The van der Waals surface area contributed by atoms with E-state index in [1.165, 1.54) is 0 Å². The van der Waals surface area contributed by atoms with Gasteiger partial charge in [-0.2, -0.15) is 0 Å². The SMILES string of the molecule is CNc1cc(NC(C)CC(N)=O)nc(C2CC2)n1. The monoisotopic (exact) mass is 249 g/mol. The molecule has 1 atom stereocenters. The van der Waals surface area contributed by atoms with E-state index in [0.717, 1.165) is 30.3 Å². The van der Waals surface area contributed by atoms with Crippen molar-refractivity contribution in [2.75, 3.05) is 17.7 Å². The highest BCUT2D eigenvalue weighted by atomic mass is 16.1. The van der Waals surface area contributed by atoms with E-state index in [1.54, 1.807) is 0 Å². The van der Waals surface area contributed by atoms with Crippen molar-refractivity contribution >= 4 is 17.5 Å². The first-order chi connectivity index (χ1) is 8.58. The minimum absolute atomic E-state index is 0.0332. The van der Waals surface area contributed by atoms with E-state index < -0.39 is 0 Å². The number of amides is 1. The molecule has 18 heavy (non-hydrogen) atoms. The normalized spacial score (nSPS) is 16.1. The van der Waals surface area contributed by atoms with Gasteiger partial charge in [0.25, 0.3) is 0 Å². The van der Waals surface area contributed by atoms with Crippen LogP contribution in [0.2, 0.25) is 0 Å². The van der Waals surface area contributed by atoms with E-state index in [2.05, 4.69) is 20.6 Å². The number of carbonyl (C=O) groups excluding carboxylic acids is 1. The maximum Gasteiger partial charge on any atom is 0.219 e. The zero-order valence-corrected chi connectivity index (χ0v) is 10.7. The molecule has 6 heteroatoms. The molecule has 4 N–H and O–H groups in total. The molecule has 98 valence electrons. The van der Waals surface area contributed by atoms with Gasteiger partial charge in [0.15, 0.2) is 0 Å². The zero-order chi connectivity index (χ0) is 13.1. The number of primary amides is 1. The van der Waals surface area contributed by atoms with Gasteiger partial charge in [0.2, 0.25) is 5.91 Å². The molecule has 1 amide bonds. The van der Waals surface area contributed by atoms with Crippen LogP contribution >= 0.6 is 0 Å². The van der Waals surface area contributed by atoms with Crippen LogP contribution in [-0.2, 0) is 4.79 Å². The van der Waals surface area contributed by atoms with E-state index in [4.69, 9.17) is 5.73 Å². The van der Waals surface area contributed by atoms with Gasteiger partial charge in [0, 0.05) is 31.5 Å². The molecule has 1 saturated carbocycles. The molecule has 0 bridgehead atoms. The van der Waals surface area contributed by atoms with Gasteiger partial charge < -0.3 is 16.4 Å². The number of carbonyl (C=O) groups is 1. The first kappa shape index (κ1) is 12.6. The Morgan fingerprint density at radius 1 is 1.50 bits per heavy atom. The number of rotatable bonds is 6. The third-order valence-corrected chi connectivity index (χ3v) is 2.84. The van der Waals surface area contributed by atoms with Crippen molar-refractivity contribution < 1.29 is 4.79 Å². The summed E-state index contributed by atoms with van der Waals surface area (Å²) in [5.41, 5.74) is 5.17. The molecule has 1 aliphatic rings. The first-order valence-electron chi connectivity index (χ1n) is 6.20. The Hall–Kier alpha value is -1.85. The molecular formula is C12H19N5O. The number of anilines is 2. The van der Waals surface area contributed by atoms with Gasteiger partial charge >= 0.3 is 0 Å². The number of hydrogen-bond acceptors (Lipinski definition) is 5. The first-order valence-corrected chi connectivity index (χ1v) is 6.20. The highest BCUT2D eigenvalue weighted by molar-refractivity contribution is 5.74. The Kier molecular flexibility index (Phi) is 3.64. The van der Waals surface area contributed by atoms with Crippen LogP contribution in [0.15, 0.2) is 6.07 Å². The Morgan fingerprint density at radius 2 is 2.17 bits per heavy atom. The minimum atomic E-state index is -0.319. The van der Waals surface area contributed by atoms with Crippen LogP contribution in [0.4, 0.5) is 11.6 Å². The maximum atomic E-state index is 10.8. The average molecular weight is 249 g/mol. The highest BCUT2D eigenvalue weighted by Crippen LogP contribution is 2.38. The fourth-order valence-corrected chi connectivity index (χ4v) is 1.80. The van der Waals surface area contributed by atoms with E-state index >= 15 is 0 Å². The van der Waals surface area contributed by atoms with Gasteiger partial charge in [0.05, 0.1) is 0 Å². The Labute approximate surface area is 106 Å². The summed E-state index contributed by atoms with van der Waals surface area (Å²) in [6, 6.07) is 1.80. The number of hydrogen-bond donors (Lipinski definition) is 3. The molecule has 0 aliphatic heterocycles. The standard InChI is InChI=1S/C12H19N5O/c1-7(5-9(13)18)15-11-6-10(14-2)16-12(17-11)8-3-4-8/h6-8H,3-5H2,1-2H3,(H2,13,18)(H2,14,15,16,17). The topological polar surface area (TPSA) is 92.9 Å². The second-order valence-electron chi connectivity index (χ2n) is 4.74. The molecule has 1 fully saturated rings. The lowest BCUT2D eigenvalue weighted by atomic mass is 10.2. The zero-order valence-electron chi connectivity index (χ0n) is 10.7. The maximum absolute atomic E-state index is 10.8. The third-order valence-electron chi connectivity index (χ3n) is 2.84. The van der Waals surface area contributed by atoms with Gasteiger partial charge in [-0.25, -0.2) is 9.97 Å². The lowest BCUT2D eigenvalue weighted by Crippen LogP contribution is -2.24. The molecule has 1 aromatic heterocycles. The Bertz CT molecular complexity index is 444. The predicted octanol–water partition coefficient (Wildman–Crippen LogP) is 1.07. The van der Waals surface area contributed by atoms with Gasteiger partial charge in [-0.3, -0.25) is 4.79 Å². The predicted molar refractivity (Wildman–Crippen MR) is 70.4 cm³/mol. The van der Waals surface area contributed by atoms with Crippen molar-refractivity contribution in [3.63, 3.8) is 0 Å². The second-order valence-corrected chi connectivity index (χ2v) is 4.74.